The van der Waals surface area contributed by atoms with Crippen LogP contribution in [-0.4, -0.2) is 52.4 Å². The van der Waals surface area contributed by atoms with Crippen molar-refractivity contribution in [2.45, 2.75) is 57.4 Å². The van der Waals surface area contributed by atoms with E-state index in [0.717, 1.165) is 47.4 Å². The van der Waals surface area contributed by atoms with Crippen molar-refractivity contribution in [3.05, 3.63) is 53.6 Å². The minimum Gasteiger partial charge on any atom is -0.324 e. The number of rotatable bonds is 7. The molecule has 0 bridgehead atoms. The van der Waals surface area contributed by atoms with Gasteiger partial charge in [0.15, 0.2) is 0 Å². The van der Waals surface area contributed by atoms with E-state index < -0.39 is 32.0 Å². The van der Waals surface area contributed by atoms with E-state index in [2.05, 4.69) is 5.32 Å². The molecule has 1 aliphatic rings. The van der Waals surface area contributed by atoms with Crippen molar-refractivity contribution < 1.29 is 21.6 Å². The molecule has 3 rings (SSSR count). The monoisotopic (exact) mass is 507 g/mol. The summed E-state index contributed by atoms with van der Waals surface area (Å²) in [6.45, 7) is 6.27. The van der Waals surface area contributed by atoms with Gasteiger partial charge in [0, 0.05) is 18.8 Å². The Morgan fingerprint density at radius 2 is 1.44 bits per heavy atom. The lowest BCUT2D eigenvalue weighted by Gasteiger charge is -2.29. The first-order chi connectivity index (χ1) is 15.9. The predicted octanol–water partition coefficient (Wildman–Crippen LogP) is 3.66. The zero-order valence-electron chi connectivity index (χ0n) is 20.1. The number of hydrogen-bond donors (Lipinski definition) is 1. The van der Waals surface area contributed by atoms with Crippen LogP contribution in [0.25, 0.3) is 0 Å². The molecule has 10 heteroatoms. The third-order valence-electron chi connectivity index (χ3n) is 5.87. The number of nitrogens with zero attached hydrogens (tertiary/aromatic N) is 2. The summed E-state index contributed by atoms with van der Waals surface area (Å²) >= 11 is 0. The number of carbonyl (C=O) groups is 1. The van der Waals surface area contributed by atoms with E-state index in [0.29, 0.717) is 24.5 Å². The van der Waals surface area contributed by atoms with Crippen LogP contribution < -0.4 is 9.62 Å². The smallest absolute Gasteiger partial charge is 0.247 e. The highest BCUT2D eigenvalue weighted by atomic mass is 32.2. The van der Waals surface area contributed by atoms with Gasteiger partial charge in [0.05, 0.1) is 16.8 Å². The van der Waals surface area contributed by atoms with Gasteiger partial charge >= 0.3 is 0 Å². The lowest BCUT2D eigenvalue weighted by atomic mass is 10.1. The third kappa shape index (κ3) is 6.17. The zero-order chi connectivity index (χ0) is 25.1. The van der Waals surface area contributed by atoms with Gasteiger partial charge in [-0.1, -0.05) is 18.9 Å². The van der Waals surface area contributed by atoms with Crippen molar-refractivity contribution in [3.63, 3.8) is 0 Å². The van der Waals surface area contributed by atoms with Crippen LogP contribution in [0, 0.1) is 13.8 Å². The molecule has 8 nitrogen and oxygen atoms in total. The van der Waals surface area contributed by atoms with Gasteiger partial charge in [0.1, 0.15) is 6.04 Å². The van der Waals surface area contributed by atoms with Gasteiger partial charge in [-0.3, -0.25) is 9.10 Å². The number of benzene rings is 2. The quantitative estimate of drug-likeness (QED) is 0.616. The van der Waals surface area contributed by atoms with Crippen molar-refractivity contribution in [2.24, 2.45) is 0 Å². The Balaban J connectivity index is 1.78. The van der Waals surface area contributed by atoms with Crippen LogP contribution in [0.1, 0.15) is 43.7 Å². The standard InChI is InChI=1S/C24H33N3O5S2/c1-18-15-19(2)17-22(16-18)27(33(4,29)30)20(3)24(28)25-21-9-11-23(12-10-21)34(31,32)26-13-7-5-6-8-14-26/h9-12,15-17,20H,5-8,13-14H2,1-4H3,(H,25,28)/t20-/m0/s1. The SMILES string of the molecule is Cc1cc(C)cc(N([C@@H](C)C(=O)Nc2ccc(S(=O)(=O)N3CCCCCC3)cc2)S(C)(=O)=O)c1. The van der Waals surface area contributed by atoms with Gasteiger partial charge in [-0.15, -0.1) is 0 Å². The number of anilines is 2. The van der Waals surface area contributed by atoms with E-state index in [9.17, 15) is 21.6 Å². The molecule has 0 saturated carbocycles. The largest absolute Gasteiger partial charge is 0.324 e. The second kappa shape index (κ2) is 10.5. The van der Waals surface area contributed by atoms with Gasteiger partial charge in [-0.2, -0.15) is 4.31 Å². The van der Waals surface area contributed by atoms with Crippen LogP contribution >= 0.6 is 0 Å². The summed E-state index contributed by atoms with van der Waals surface area (Å²) in [7, 11) is -7.33. The fraction of sp³-hybridized carbons (Fsp3) is 0.458. The molecule has 1 aliphatic heterocycles. The highest BCUT2D eigenvalue weighted by Crippen LogP contribution is 2.25. The van der Waals surface area contributed by atoms with Crippen molar-refractivity contribution in [1.29, 1.82) is 0 Å². The fourth-order valence-corrected chi connectivity index (χ4v) is 6.95. The summed E-state index contributed by atoms with van der Waals surface area (Å²) in [5, 5.41) is 2.71. The molecule has 34 heavy (non-hydrogen) atoms. The average molecular weight is 508 g/mol. The number of carbonyl (C=O) groups excluding carboxylic acids is 1. The first-order valence-corrected chi connectivity index (χ1v) is 14.7. The maximum atomic E-state index is 13.0. The van der Waals surface area contributed by atoms with Crippen LogP contribution in [0.2, 0.25) is 0 Å². The summed E-state index contributed by atoms with van der Waals surface area (Å²) in [4.78, 5) is 13.1. The first kappa shape index (κ1) is 26.2. The minimum atomic E-state index is -3.74. The molecule has 1 fully saturated rings. The highest BCUT2D eigenvalue weighted by Gasteiger charge is 2.30. The fourth-order valence-electron chi connectivity index (χ4n) is 4.27. The number of sulfonamides is 2. The predicted molar refractivity (Wildman–Crippen MR) is 135 cm³/mol. The van der Waals surface area contributed by atoms with Crippen molar-refractivity contribution in [2.75, 3.05) is 29.0 Å². The van der Waals surface area contributed by atoms with Gasteiger partial charge in [-0.05, 0) is 81.1 Å². The number of hydrogen-bond acceptors (Lipinski definition) is 5. The van der Waals surface area contributed by atoms with Crippen molar-refractivity contribution in [1.82, 2.24) is 4.31 Å². The maximum Gasteiger partial charge on any atom is 0.247 e. The molecule has 2 aromatic rings. The Labute approximate surface area is 203 Å². The summed E-state index contributed by atoms with van der Waals surface area (Å²) < 4.78 is 53.6. The highest BCUT2D eigenvalue weighted by molar-refractivity contribution is 7.92. The summed E-state index contributed by atoms with van der Waals surface area (Å²) in [6, 6.07) is 10.3. The molecule has 2 aromatic carbocycles. The molecule has 1 N–H and O–H groups in total. The average Bonchev–Trinajstić information content (AvgIpc) is 3.02. The maximum absolute atomic E-state index is 13.0. The van der Waals surface area contributed by atoms with Crippen molar-refractivity contribution in [3.8, 4) is 0 Å². The van der Waals surface area contributed by atoms with E-state index in [1.807, 2.05) is 19.9 Å². The third-order valence-corrected chi connectivity index (χ3v) is 9.03. The summed E-state index contributed by atoms with van der Waals surface area (Å²) in [5.41, 5.74) is 2.58. The molecular formula is C24H33N3O5S2. The molecular weight excluding hydrogens is 474 g/mol. The van der Waals surface area contributed by atoms with Gasteiger partial charge in [-0.25, -0.2) is 16.8 Å². The second-order valence-corrected chi connectivity index (χ2v) is 12.7. The lowest BCUT2D eigenvalue weighted by molar-refractivity contribution is -0.116. The van der Waals surface area contributed by atoms with Crippen LogP contribution in [0.4, 0.5) is 11.4 Å². The lowest BCUT2D eigenvalue weighted by Crippen LogP contribution is -2.45. The zero-order valence-corrected chi connectivity index (χ0v) is 21.7. The molecule has 1 saturated heterocycles. The summed E-state index contributed by atoms with van der Waals surface area (Å²) in [5.74, 6) is -0.521. The van der Waals surface area contributed by atoms with Gasteiger partial charge in [0.25, 0.3) is 0 Å². The Kier molecular flexibility index (Phi) is 8.05. The first-order valence-electron chi connectivity index (χ1n) is 11.4. The molecule has 0 aromatic heterocycles. The van der Waals surface area contributed by atoms with Crippen LogP contribution in [0.3, 0.4) is 0 Å². The Bertz CT molecular complexity index is 1210. The normalized spacial score (nSPS) is 16.5. The van der Waals surface area contributed by atoms with E-state index in [1.165, 1.54) is 35.5 Å². The second-order valence-electron chi connectivity index (χ2n) is 8.91. The van der Waals surface area contributed by atoms with E-state index in [1.54, 1.807) is 12.1 Å². The topological polar surface area (TPSA) is 104 Å². The van der Waals surface area contributed by atoms with E-state index in [4.69, 9.17) is 0 Å². The molecule has 0 radical (unpaired) electrons. The Morgan fingerprint density at radius 1 is 0.912 bits per heavy atom. The van der Waals surface area contributed by atoms with Crippen molar-refractivity contribution >= 4 is 37.3 Å². The minimum absolute atomic E-state index is 0.174. The van der Waals surface area contributed by atoms with Crippen LogP contribution in [-0.2, 0) is 24.8 Å². The molecule has 1 atom stereocenters. The molecule has 0 spiro atoms. The molecule has 186 valence electrons. The molecule has 0 unspecified atom stereocenters. The molecule has 0 aliphatic carbocycles. The number of nitrogens with one attached hydrogen (secondary N) is 1. The van der Waals surface area contributed by atoms with E-state index >= 15 is 0 Å². The Hall–Kier alpha value is -2.43. The Morgan fingerprint density at radius 3 is 1.94 bits per heavy atom. The van der Waals surface area contributed by atoms with Crippen LogP contribution in [0.5, 0.6) is 0 Å². The number of amides is 1. The molecule has 1 heterocycles. The summed E-state index contributed by atoms with van der Waals surface area (Å²) in [6.07, 6.45) is 4.83. The number of aryl methyl sites for hydroxylation is 2. The molecule has 1 amide bonds. The van der Waals surface area contributed by atoms with Gasteiger partial charge in [0.2, 0.25) is 26.0 Å². The van der Waals surface area contributed by atoms with Crippen LogP contribution in [0.15, 0.2) is 47.4 Å². The van der Waals surface area contributed by atoms with E-state index in [-0.39, 0.29) is 4.90 Å². The van der Waals surface area contributed by atoms with Gasteiger partial charge < -0.3 is 5.32 Å².